The first kappa shape index (κ1) is 31.3. The number of carbonyl (C=O) groups is 2. The summed E-state index contributed by atoms with van der Waals surface area (Å²) >= 11 is 1.17. The Balaban J connectivity index is 1.37. The Bertz CT molecular complexity index is 1600. The molecule has 4 rings (SSSR count). The number of thiazole rings is 1. The van der Waals surface area contributed by atoms with Gasteiger partial charge in [-0.15, -0.1) is 0 Å². The summed E-state index contributed by atoms with van der Waals surface area (Å²) in [6.07, 6.45) is 1.21. The van der Waals surface area contributed by atoms with Gasteiger partial charge in [0, 0.05) is 17.5 Å². The first-order valence-electron chi connectivity index (χ1n) is 14.0. The van der Waals surface area contributed by atoms with E-state index in [1.54, 1.807) is 16.7 Å². The van der Waals surface area contributed by atoms with Crippen molar-refractivity contribution in [1.29, 1.82) is 0 Å². The van der Waals surface area contributed by atoms with Crippen molar-refractivity contribution in [1.82, 2.24) is 9.88 Å². The Labute approximate surface area is 253 Å². The fourth-order valence-electron chi connectivity index (χ4n) is 4.43. The van der Waals surface area contributed by atoms with E-state index in [0.717, 1.165) is 39.7 Å². The molecule has 43 heavy (non-hydrogen) atoms. The van der Waals surface area contributed by atoms with Crippen molar-refractivity contribution in [3.63, 3.8) is 0 Å². The Morgan fingerprint density at radius 3 is 2.44 bits per heavy atom. The van der Waals surface area contributed by atoms with E-state index < -0.39 is 18.1 Å². The third-order valence-corrected chi connectivity index (χ3v) is 7.57. The number of nitrogens with one attached hydrogen (secondary N) is 1. The van der Waals surface area contributed by atoms with Crippen molar-refractivity contribution in [2.24, 2.45) is 5.16 Å². The van der Waals surface area contributed by atoms with E-state index in [0.29, 0.717) is 18.0 Å². The van der Waals surface area contributed by atoms with Crippen LogP contribution < -0.4 is 14.9 Å². The quantitative estimate of drug-likeness (QED) is 0.0914. The predicted octanol–water partition coefficient (Wildman–Crippen LogP) is 5.15. The van der Waals surface area contributed by atoms with Gasteiger partial charge in [0.25, 0.3) is 0 Å². The largest absolute Gasteiger partial charge is 0.492 e. The number of hydrogen-bond donors (Lipinski definition) is 1. The normalized spacial score (nSPS) is 12.0. The molecule has 1 heterocycles. The molecule has 11 heteroatoms. The molecule has 226 valence electrons. The summed E-state index contributed by atoms with van der Waals surface area (Å²) in [5.41, 5.74) is 4.07. The van der Waals surface area contributed by atoms with Crippen molar-refractivity contribution in [3.05, 3.63) is 99.2 Å². The van der Waals surface area contributed by atoms with Gasteiger partial charge in [0.2, 0.25) is 0 Å². The number of unbranched alkanes of at least 4 members (excludes halogenated alkanes) is 1. The van der Waals surface area contributed by atoms with E-state index in [2.05, 4.69) is 10.5 Å². The Morgan fingerprint density at radius 1 is 0.977 bits per heavy atom. The standard InChI is InChI=1S/C32H35N3O7S/c1-4-5-18-42-31(37)33-26(30(36)39-2)20-22-11-14-25(15-12-22)41-19-17-35-27-16-13-24(21-28(27)43-32(35)38)29(34-40-3)23-9-7-6-8-10-23/h6-16,21,26H,4-5,17-20H2,1-3H3,(H,33,37). The lowest BCUT2D eigenvalue weighted by Crippen LogP contribution is -2.43. The van der Waals surface area contributed by atoms with E-state index in [4.69, 9.17) is 19.0 Å². The fraction of sp³-hybridized carbons (Fsp3) is 0.312. The average Bonchev–Trinajstić information content (AvgIpc) is 3.34. The van der Waals surface area contributed by atoms with Crippen LogP contribution in [0.5, 0.6) is 5.75 Å². The second kappa shape index (κ2) is 15.5. The van der Waals surface area contributed by atoms with Gasteiger partial charge < -0.3 is 24.4 Å². The molecule has 0 bridgehead atoms. The zero-order chi connectivity index (χ0) is 30.6. The lowest BCUT2D eigenvalue weighted by Gasteiger charge is -2.17. The topological polar surface area (TPSA) is 117 Å². The van der Waals surface area contributed by atoms with Crippen LogP contribution in [0.4, 0.5) is 4.79 Å². The number of benzene rings is 3. The summed E-state index contributed by atoms with van der Waals surface area (Å²) in [5.74, 6) is 0.0547. The minimum Gasteiger partial charge on any atom is -0.492 e. The number of fused-ring (bicyclic) bond motifs is 1. The summed E-state index contributed by atoms with van der Waals surface area (Å²) in [7, 11) is 2.78. The molecule has 0 saturated heterocycles. The van der Waals surface area contributed by atoms with E-state index >= 15 is 0 Å². The summed E-state index contributed by atoms with van der Waals surface area (Å²) in [6.45, 7) is 2.93. The van der Waals surface area contributed by atoms with Gasteiger partial charge in [0.05, 0.1) is 30.5 Å². The first-order valence-corrected chi connectivity index (χ1v) is 14.8. The van der Waals surface area contributed by atoms with Crippen LogP contribution in [0.2, 0.25) is 0 Å². The number of rotatable bonds is 14. The number of methoxy groups -OCH3 is 1. The molecule has 0 fully saturated rings. The molecule has 1 atom stereocenters. The van der Waals surface area contributed by atoms with Gasteiger partial charge in [-0.05, 0) is 36.2 Å². The molecule has 1 amide bonds. The van der Waals surface area contributed by atoms with Gasteiger partial charge >= 0.3 is 16.9 Å². The number of alkyl carbamates (subject to hydrolysis) is 1. The monoisotopic (exact) mass is 605 g/mol. The van der Waals surface area contributed by atoms with Crippen LogP contribution in [0, 0.1) is 0 Å². The van der Waals surface area contributed by atoms with Gasteiger partial charge in [-0.2, -0.15) is 0 Å². The van der Waals surface area contributed by atoms with Crippen LogP contribution in [0.25, 0.3) is 10.2 Å². The highest BCUT2D eigenvalue weighted by Crippen LogP contribution is 2.22. The van der Waals surface area contributed by atoms with E-state index in [1.807, 2.05) is 67.6 Å². The van der Waals surface area contributed by atoms with Crippen LogP contribution in [0.15, 0.2) is 82.7 Å². The van der Waals surface area contributed by atoms with Crippen molar-refractivity contribution < 1.29 is 28.6 Å². The molecule has 0 aliphatic rings. The Kier molecular flexibility index (Phi) is 11.3. The van der Waals surface area contributed by atoms with Gasteiger partial charge in [0.1, 0.15) is 31.2 Å². The van der Waals surface area contributed by atoms with E-state index in [1.165, 1.54) is 25.6 Å². The second-order valence-corrected chi connectivity index (χ2v) is 10.6. The molecule has 4 aromatic rings. The highest BCUT2D eigenvalue weighted by molar-refractivity contribution is 7.16. The molecule has 0 radical (unpaired) electrons. The van der Waals surface area contributed by atoms with Gasteiger partial charge in [-0.3, -0.25) is 9.36 Å². The summed E-state index contributed by atoms with van der Waals surface area (Å²) in [6, 6.07) is 21.8. The van der Waals surface area contributed by atoms with Crippen molar-refractivity contribution in [2.45, 2.75) is 38.8 Å². The number of hydrogen-bond acceptors (Lipinski definition) is 9. The lowest BCUT2D eigenvalue weighted by atomic mass is 10.0. The minimum absolute atomic E-state index is 0.0781. The number of esters is 1. The minimum atomic E-state index is -0.880. The third kappa shape index (κ3) is 8.45. The highest BCUT2D eigenvalue weighted by Gasteiger charge is 2.23. The molecule has 1 aromatic heterocycles. The van der Waals surface area contributed by atoms with E-state index in [-0.39, 0.29) is 24.5 Å². The van der Waals surface area contributed by atoms with Crippen LogP contribution in [0.3, 0.4) is 0 Å². The van der Waals surface area contributed by atoms with Gasteiger partial charge in [0.15, 0.2) is 0 Å². The molecule has 0 aliphatic carbocycles. The van der Waals surface area contributed by atoms with Crippen LogP contribution >= 0.6 is 11.3 Å². The average molecular weight is 606 g/mol. The third-order valence-electron chi connectivity index (χ3n) is 6.63. The molecule has 0 saturated carbocycles. The van der Waals surface area contributed by atoms with Crippen LogP contribution in [-0.2, 0) is 32.1 Å². The van der Waals surface area contributed by atoms with Crippen LogP contribution in [-0.4, -0.2) is 55.8 Å². The number of ether oxygens (including phenoxy) is 3. The lowest BCUT2D eigenvalue weighted by molar-refractivity contribution is -0.143. The number of oxime groups is 1. The maximum atomic E-state index is 12.8. The number of carbonyl (C=O) groups excluding carboxylic acids is 2. The van der Waals surface area contributed by atoms with Crippen molar-refractivity contribution >= 4 is 39.3 Å². The molecule has 1 unspecified atom stereocenters. The molecular formula is C32H35N3O7S. The molecule has 0 aliphatic heterocycles. The van der Waals surface area contributed by atoms with Crippen molar-refractivity contribution in [2.75, 3.05) is 27.4 Å². The molecule has 1 N–H and O–H groups in total. The number of aromatic nitrogens is 1. The second-order valence-electron chi connectivity index (χ2n) is 9.60. The van der Waals surface area contributed by atoms with Gasteiger partial charge in [-0.1, -0.05) is 78.4 Å². The van der Waals surface area contributed by atoms with Gasteiger partial charge in [-0.25, -0.2) is 9.59 Å². The number of amides is 1. The molecule has 3 aromatic carbocycles. The molecular weight excluding hydrogens is 570 g/mol. The smallest absolute Gasteiger partial charge is 0.407 e. The van der Waals surface area contributed by atoms with E-state index in [9.17, 15) is 14.4 Å². The summed E-state index contributed by atoms with van der Waals surface area (Å²) in [5, 5.41) is 6.79. The molecule has 0 spiro atoms. The number of nitrogens with zero attached hydrogens (tertiary/aromatic N) is 2. The first-order chi connectivity index (χ1) is 20.9. The maximum Gasteiger partial charge on any atom is 0.407 e. The SMILES string of the molecule is CCCCOC(=O)NC(Cc1ccc(OCCn2c(=O)sc3cc(C(=NOC)c4ccccc4)ccc32)cc1)C(=O)OC. The summed E-state index contributed by atoms with van der Waals surface area (Å²) in [4.78, 5) is 42.1. The zero-order valence-corrected chi connectivity index (χ0v) is 25.2. The Morgan fingerprint density at radius 2 is 1.74 bits per heavy atom. The fourth-order valence-corrected chi connectivity index (χ4v) is 5.38. The van der Waals surface area contributed by atoms with Crippen molar-refractivity contribution in [3.8, 4) is 5.75 Å². The summed E-state index contributed by atoms with van der Waals surface area (Å²) < 4.78 is 18.4. The predicted molar refractivity (Wildman–Crippen MR) is 166 cm³/mol. The highest BCUT2D eigenvalue weighted by atomic mass is 32.1. The maximum absolute atomic E-state index is 12.8. The molecule has 10 nitrogen and oxygen atoms in total. The zero-order valence-electron chi connectivity index (χ0n) is 24.4. The Hall–Kier alpha value is -4.64. The van der Waals surface area contributed by atoms with Crippen LogP contribution in [0.1, 0.15) is 36.5 Å².